The van der Waals surface area contributed by atoms with Gasteiger partial charge in [0.25, 0.3) is 0 Å². The number of hydrogen-bond acceptors (Lipinski definition) is 0. The molecular weight excluding hydrogens is 179 g/mol. The van der Waals surface area contributed by atoms with Gasteiger partial charge in [-0.05, 0) is 12.3 Å². The molecule has 4 atom stereocenters. The SMILES string of the molecule is ClC1=CC2C3CC1C=CC23Cl. The van der Waals surface area contributed by atoms with Crippen molar-refractivity contribution in [2.45, 2.75) is 11.3 Å². The maximum atomic E-state index is 6.31. The molecule has 0 aromatic rings. The van der Waals surface area contributed by atoms with E-state index in [0.29, 0.717) is 17.8 Å². The third-order valence-corrected chi connectivity index (χ3v) is 4.25. The van der Waals surface area contributed by atoms with E-state index in [-0.39, 0.29) is 4.87 Å². The quantitative estimate of drug-likeness (QED) is 0.404. The van der Waals surface area contributed by atoms with Crippen LogP contribution < -0.4 is 0 Å². The third-order valence-electron chi connectivity index (χ3n) is 3.19. The van der Waals surface area contributed by atoms with Gasteiger partial charge in [-0.2, -0.15) is 0 Å². The number of alkyl halides is 1. The summed E-state index contributed by atoms with van der Waals surface area (Å²) in [6, 6.07) is 0. The summed E-state index contributed by atoms with van der Waals surface area (Å²) in [4.78, 5) is -0.0346. The molecule has 4 unspecified atom stereocenters. The fourth-order valence-electron chi connectivity index (χ4n) is 2.40. The van der Waals surface area contributed by atoms with Gasteiger partial charge in [-0.25, -0.2) is 0 Å². The van der Waals surface area contributed by atoms with Crippen molar-refractivity contribution in [1.82, 2.24) is 0 Å². The molecule has 0 spiro atoms. The van der Waals surface area contributed by atoms with Gasteiger partial charge in [0.15, 0.2) is 0 Å². The lowest BCUT2D eigenvalue weighted by molar-refractivity contribution is 0.565. The van der Waals surface area contributed by atoms with Crippen molar-refractivity contribution in [2.75, 3.05) is 0 Å². The lowest BCUT2D eigenvalue weighted by Gasteiger charge is -2.17. The molecule has 58 valence electrons. The van der Waals surface area contributed by atoms with Crippen molar-refractivity contribution in [3.05, 3.63) is 23.3 Å². The van der Waals surface area contributed by atoms with Crippen LogP contribution in [0.2, 0.25) is 0 Å². The van der Waals surface area contributed by atoms with Gasteiger partial charge in [0.2, 0.25) is 0 Å². The van der Waals surface area contributed by atoms with E-state index in [2.05, 4.69) is 18.2 Å². The maximum absolute atomic E-state index is 6.31. The Morgan fingerprint density at radius 2 is 2.36 bits per heavy atom. The van der Waals surface area contributed by atoms with Crippen LogP contribution in [0.5, 0.6) is 0 Å². The van der Waals surface area contributed by atoms with Gasteiger partial charge in [-0.15, -0.1) is 11.6 Å². The fraction of sp³-hybridized carbons (Fsp3) is 0.556. The van der Waals surface area contributed by atoms with Crippen LogP contribution in [0.3, 0.4) is 0 Å². The monoisotopic (exact) mass is 186 g/mol. The van der Waals surface area contributed by atoms with Crippen LogP contribution in [0.25, 0.3) is 0 Å². The smallest absolute Gasteiger partial charge is 0.0727 e. The molecule has 0 N–H and O–H groups in total. The normalized spacial score (nSPS) is 57.3. The van der Waals surface area contributed by atoms with E-state index < -0.39 is 0 Å². The van der Waals surface area contributed by atoms with E-state index in [9.17, 15) is 0 Å². The Balaban J connectivity index is 2.16. The molecule has 2 heteroatoms. The van der Waals surface area contributed by atoms with E-state index in [0.717, 1.165) is 5.03 Å². The van der Waals surface area contributed by atoms with Gasteiger partial charge in [0.1, 0.15) is 0 Å². The Morgan fingerprint density at radius 3 is 3.18 bits per heavy atom. The molecular formula is C9H8Cl2. The summed E-state index contributed by atoms with van der Waals surface area (Å²) in [5, 5.41) is 1.00. The highest BCUT2D eigenvalue weighted by Crippen LogP contribution is 2.66. The Morgan fingerprint density at radius 1 is 1.55 bits per heavy atom. The van der Waals surface area contributed by atoms with Crippen molar-refractivity contribution in [3.8, 4) is 0 Å². The van der Waals surface area contributed by atoms with E-state index in [4.69, 9.17) is 23.2 Å². The van der Waals surface area contributed by atoms with Crippen molar-refractivity contribution in [2.24, 2.45) is 17.8 Å². The van der Waals surface area contributed by atoms with Crippen molar-refractivity contribution in [3.63, 3.8) is 0 Å². The van der Waals surface area contributed by atoms with Crippen LogP contribution in [0.1, 0.15) is 6.42 Å². The zero-order valence-electron chi connectivity index (χ0n) is 5.93. The van der Waals surface area contributed by atoms with Crippen LogP contribution in [-0.2, 0) is 0 Å². The van der Waals surface area contributed by atoms with E-state index in [1.165, 1.54) is 6.42 Å². The summed E-state index contributed by atoms with van der Waals surface area (Å²) in [7, 11) is 0. The van der Waals surface area contributed by atoms with E-state index >= 15 is 0 Å². The minimum atomic E-state index is -0.0346. The van der Waals surface area contributed by atoms with Gasteiger partial charge >= 0.3 is 0 Å². The summed E-state index contributed by atoms with van der Waals surface area (Å²) in [5.41, 5.74) is 0. The molecule has 0 aromatic carbocycles. The molecule has 0 aromatic heterocycles. The second kappa shape index (κ2) is 1.70. The molecule has 3 aliphatic carbocycles. The van der Waals surface area contributed by atoms with Crippen molar-refractivity contribution >= 4 is 23.2 Å². The molecule has 0 saturated heterocycles. The first-order valence-corrected chi connectivity index (χ1v) is 4.73. The van der Waals surface area contributed by atoms with Crippen LogP contribution in [0.15, 0.2) is 23.3 Å². The van der Waals surface area contributed by atoms with Crippen molar-refractivity contribution < 1.29 is 0 Å². The van der Waals surface area contributed by atoms with Crippen LogP contribution >= 0.6 is 23.2 Å². The number of fused-ring (bicyclic) bond motifs is 2. The third kappa shape index (κ3) is 0.636. The average molecular weight is 187 g/mol. The second-order valence-corrected chi connectivity index (χ2v) is 4.80. The highest BCUT2D eigenvalue weighted by atomic mass is 35.5. The average Bonchev–Trinajstić information content (AvgIpc) is 2.59. The van der Waals surface area contributed by atoms with E-state index in [1.54, 1.807) is 0 Å². The summed E-state index contributed by atoms with van der Waals surface area (Å²) >= 11 is 12.4. The number of rotatable bonds is 0. The first kappa shape index (κ1) is 6.56. The Bertz CT molecular complexity index is 279. The minimum Gasteiger partial charge on any atom is -0.114 e. The molecule has 3 aliphatic rings. The van der Waals surface area contributed by atoms with Crippen molar-refractivity contribution in [1.29, 1.82) is 0 Å². The standard InChI is InChI=1S/C9H8Cl2/c10-8-4-7-6-3-5(8)1-2-9(6,7)11/h1-2,4-7H,3H2. The molecule has 0 radical (unpaired) electrons. The summed E-state index contributed by atoms with van der Waals surface area (Å²) in [6.07, 6.45) is 7.62. The van der Waals surface area contributed by atoms with E-state index in [1.807, 2.05) is 0 Å². The fourth-order valence-corrected chi connectivity index (χ4v) is 3.14. The summed E-state index contributed by atoms with van der Waals surface area (Å²) in [5.74, 6) is 1.70. The van der Waals surface area contributed by atoms with Gasteiger partial charge in [-0.1, -0.05) is 29.8 Å². The van der Waals surface area contributed by atoms with Gasteiger partial charge < -0.3 is 0 Å². The zero-order chi connectivity index (χ0) is 7.64. The van der Waals surface area contributed by atoms with Crippen LogP contribution in [0, 0.1) is 17.8 Å². The lowest BCUT2D eigenvalue weighted by atomic mass is 9.93. The maximum Gasteiger partial charge on any atom is 0.0727 e. The molecule has 2 bridgehead atoms. The van der Waals surface area contributed by atoms with Crippen LogP contribution in [-0.4, -0.2) is 4.87 Å². The molecule has 0 amide bonds. The first-order chi connectivity index (χ1) is 5.22. The molecule has 0 nitrogen and oxygen atoms in total. The topological polar surface area (TPSA) is 0 Å². The molecule has 11 heavy (non-hydrogen) atoms. The predicted molar refractivity (Wildman–Crippen MR) is 46.7 cm³/mol. The molecule has 3 rings (SSSR count). The lowest BCUT2D eigenvalue weighted by Crippen LogP contribution is -2.09. The number of halogens is 2. The largest absolute Gasteiger partial charge is 0.114 e. The zero-order valence-corrected chi connectivity index (χ0v) is 7.44. The highest BCUT2D eigenvalue weighted by Gasteiger charge is 2.64. The summed E-state index contributed by atoms with van der Waals surface area (Å²) < 4.78 is 0. The number of allylic oxidation sites excluding steroid dienone is 4. The first-order valence-electron chi connectivity index (χ1n) is 3.97. The highest BCUT2D eigenvalue weighted by molar-refractivity contribution is 6.32. The molecule has 1 saturated carbocycles. The summed E-state index contributed by atoms with van der Waals surface area (Å²) in [6.45, 7) is 0. The second-order valence-electron chi connectivity index (χ2n) is 3.71. The minimum absolute atomic E-state index is 0.0346. The Hall–Kier alpha value is 0.0600. The van der Waals surface area contributed by atoms with Gasteiger partial charge in [0.05, 0.1) is 4.87 Å². The predicted octanol–water partition coefficient (Wildman–Crippen LogP) is 2.92. The Labute approximate surface area is 75.9 Å². The molecule has 0 aliphatic heterocycles. The molecule has 0 heterocycles. The molecule has 1 fully saturated rings. The van der Waals surface area contributed by atoms with Gasteiger partial charge in [0, 0.05) is 16.9 Å². The number of hydrogen-bond donors (Lipinski definition) is 0. The Kier molecular flexibility index (Phi) is 1.01. The van der Waals surface area contributed by atoms with Gasteiger partial charge in [-0.3, -0.25) is 0 Å². The van der Waals surface area contributed by atoms with Crippen LogP contribution in [0.4, 0.5) is 0 Å².